The summed E-state index contributed by atoms with van der Waals surface area (Å²) in [6.07, 6.45) is 0. The summed E-state index contributed by atoms with van der Waals surface area (Å²) in [6, 6.07) is 1.13. The lowest BCUT2D eigenvalue weighted by Crippen LogP contribution is -2.07. The molecule has 0 fully saturated rings. The average Bonchev–Trinajstić information content (AvgIpc) is 1.85. The Morgan fingerprint density at radius 2 is 2.30 bits per heavy atom. The summed E-state index contributed by atoms with van der Waals surface area (Å²) in [5.41, 5.74) is -0.176. The molecule has 2 N–H and O–H groups in total. The summed E-state index contributed by atoms with van der Waals surface area (Å²) in [7, 11) is 0. The topological polar surface area (TPSA) is 48.6 Å². The highest BCUT2D eigenvalue weighted by Gasteiger charge is 1.91. The van der Waals surface area contributed by atoms with Gasteiger partial charge in [0, 0.05) is 6.07 Å². The first-order chi connectivity index (χ1) is 4.72. The maximum absolute atomic E-state index is 11.9. The highest BCUT2D eigenvalue weighted by atomic mass is 32.1. The van der Waals surface area contributed by atoms with Crippen LogP contribution in [0.25, 0.3) is 0 Å². The van der Waals surface area contributed by atoms with Crippen molar-refractivity contribution >= 4 is 12.2 Å². The molecule has 0 saturated heterocycles. The zero-order valence-electron chi connectivity index (χ0n) is 4.98. The summed E-state index contributed by atoms with van der Waals surface area (Å²) < 4.78 is 12.0. The summed E-state index contributed by atoms with van der Waals surface area (Å²) in [6.45, 7) is -0.701. The van der Waals surface area contributed by atoms with Crippen molar-refractivity contribution in [3.05, 3.63) is 26.9 Å². The molecule has 0 atom stereocenters. The van der Waals surface area contributed by atoms with Gasteiger partial charge in [0.2, 0.25) is 0 Å². The van der Waals surface area contributed by atoms with E-state index in [1.807, 2.05) is 0 Å². The third-order valence-electron chi connectivity index (χ3n) is 0.960. The van der Waals surface area contributed by atoms with E-state index in [2.05, 4.69) is 22.2 Å². The van der Waals surface area contributed by atoms with Crippen LogP contribution in [-0.2, 0) is 6.67 Å². The van der Waals surface area contributed by atoms with Crippen molar-refractivity contribution in [2.24, 2.45) is 0 Å². The van der Waals surface area contributed by atoms with Gasteiger partial charge in [0.15, 0.2) is 4.77 Å². The first kappa shape index (κ1) is 7.14. The average molecular weight is 160 g/mol. The van der Waals surface area contributed by atoms with Gasteiger partial charge in [-0.1, -0.05) is 0 Å². The lowest BCUT2D eigenvalue weighted by atomic mass is 10.4. The number of halogens is 1. The number of H-pyrrole nitrogens is 2. The Balaban J connectivity index is 3.33. The van der Waals surface area contributed by atoms with Crippen LogP contribution < -0.4 is 5.56 Å². The number of rotatable bonds is 1. The number of alkyl halides is 1. The second-order valence-corrected chi connectivity index (χ2v) is 2.15. The smallest absolute Gasteiger partial charge is 0.251 e. The second kappa shape index (κ2) is 2.74. The highest BCUT2D eigenvalue weighted by molar-refractivity contribution is 7.71. The molecule has 1 heterocycles. The minimum Gasteiger partial charge on any atom is -0.333 e. The molecule has 0 saturated carbocycles. The van der Waals surface area contributed by atoms with Crippen LogP contribution in [0.4, 0.5) is 4.39 Å². The maximum atomic E-state index is 11.9. The number of nitrogens with one attached hydrogen (secondary N) is 2. The Morgan fingerprint density at radius 3 is 2.80 bits per heavy atom. The fourth-order valence-electron chi connectivity index (χ4n) is 0.591. The molecule has 0 unspecified atom stereocenters. The van der Waals surface area contributed by atoms with Crippen molar-refractivity contribution < 1.29 is 4.39 Å². The van der Waals surface area contributed by atoms with Gasteiger partial charge in [-0.3, -0.25) is 9.78 Å². The Bertz CT molecular complexity index is 301. The van der Waals surface area contributed by atoms with Crippen molar-refractivity contribution in [3.63, 3.8) is 0 Å². The van der Waals surface area contributed by atoms with Gasteiger partial charge in [-0.2, -0.15) is 0 Å². The SMILES string of the molecule is O=c1cc(CF)[nH]c(=S)[nH]1. The minimum absolute atomic E-state index is 0.153. The van der Waals surface area contributed by atoms with E-state index in [1.54, 1.807) is 0 Å². The molecule has 1 rings (SSSR count). The molecule has 0 bridgehead atoms. The molecule has 1 aromatic rings. The van der Waals surface area contributed by atoms with Crippen molar-refractivity contribution in [1.29, 1.82) is 0 Å². The standard InChI is InChI=1S/C5H5FN2OS/c6-2-3-1-4(9)8-5(10)7-3/h1H,2H2,(H2,7,8,9,10). The normalized spacial score (nSPS) is 9.70. The van der Waals surface area contributed by atoms with Crippen LogP contribution in [0.5, 0.6) is 0 Å². The van der Waals surface area contributed by atoms with Gasteiger partial charge in [0.1, 0.15) is 6.67 Å². The van der Waals surface area contributed by atoms with Gasteiger partial charge in [-0.25, -0.2) is 4.39 Å². The van der Waals surface area contributed by atoms with Crippen LogP contribution in [0.1, 0.15) is 5.69 Å². The first-order valence-corrected chi connectivity index (χ1v) is 3.01. The van der Waals surface area contributed by atoms with E-state index in [4.69, 9.17) is 0 Å². The molecule has 3 nitrogen and oxygen atoms in total. The molecule has 0 aliphatic rings. The van der Waals surface area contributed by atoms with E-state index in [0.29, 0.717) is 0 Å². The summed E-state index contributed by atoms with van der Waals surface area (Å²) in [4.78, 5) is 15.3. The van der Waals surface area contributed by atoms with Crippen LogP contribution in [0.2, 0.25) is 0 Å². The molecule has 0 spiro atoms. The molecule has 0 aliphatic heterocycles. The van der Waals surface area contributed by atoms with Crippen molar-refractivity contribution in [1.82, 2.24) is 9.97 Å². The van der Waals surface area contributed by atoms with Crippen molar-refractivity contribution in [3.8, 4) is 0 Å². The fourth-order valence-corrected chi connectivity index (χ4v) is 0.823. The summed E-state index contributed by atoms with van der Waals surface area (Å²) in [5.74, 6) is 0. The number of aromatic amines is 2. The number of aromatic nitrogens is 2. The zero-order valence-corrected chi connectivity index (χ0v) is 5.80. The van der Waals surface area contributed by atoms with Crippen LogP contribution >= 0.6 is 12.2 Å². The lowest BCUT2D eigenvalue weighted by Gasteiger charge is -1.90. The van der Waals surface area contributed by atoms with Gasteiger partial charge in [0.05, 0.1) is 5.69 Å². The Hall–Kier alpha value is -0.970. The molecule has 0 aromatic carbocycles. The van der Waals surface area contributed by atoms with Gasteiger partial charge in [-0.15, -0.1) is 0 Å². The van der Waals surface area contributed by atoms with Crippen LogP contribution in [-0.4, -0.2) is 9.97 Å². The predicted molar refractivity (Wildman–Crippen MR) is 37.1 cm³/mol. The van der Waals surface area contributed by atoms with E-state index in [9.17, 15) is 9.18 Å². The van der Waals surface area contributed by atoms with E-state index in [-0.39, 0.29) is 16.0 Å². The minimum atomic E-state index is -0.701. The monoisotopic (exact) mass is 160 g/mol. The third-order valence-corrected chi connectivity index (χ3v) is 1.16. The van der Waals surface area contributed by atoms with E-state index < -0.39 is 6.67 Å². The van der Waals surface area contributed by atoms with Crippen LogP contribution in [0.3, 0.4) is 0 Å². The fraction of sp³-hybridized carbons (Fsp3) is 0.200. The van der Waals surface area contributed by atoms with Crippen molar-refractivity contribution in [2.45, 2.75) is 6.67 Å². The Morgan fingerprint density at radius 1 is 1.60 bits per heavy atom. The largest absolute Gasteiger partial charge is 0.333 e. The van der Waals surface area contributed by atoms with Gasteiger partial charge in [0.25, 0.3) is 5.56 Å². The molecule has 0 aliphatic carbocycles. The first-order valence-electron chi connectivity index (χ1n) is 2.61. The third kappa shape index (κ3) is 1.51. The maximum Gasteiger partial charge on any atom is 0.251 e. The molecule has 1 aromatic heterocycles. The number of hydrogen-bond donors (Lipinski definition) is 2. The molecule has 0 radical (unpaired) electrons. The second-order valence-electron chi connectivity index (χ2n) is 1.75. The van der Waals surface area contributed by atoms with E-state index in [1.165, 1.54) is 0 Å². The molecule has 0 amide bonds. The van der Waals surface area contributed by atoms with Crippen LogP contribution in [0.15, 0.2) is 10.9 Å². The quantitative estimate of drug-likeness (QED) is 0.600. The molecule has 54 valence electrons. The molecule has 10 heavy (non-hydrogen) atoms. The predicted octanol–water partition coefficient (Wildman–Crippen LogP) is 0.902. The number of hydrogen-bond acceptors (Lipinski definition) is 2. The van der Waals surface area contributed by atoms with Gasteiger partial charge in [-0.05, 0) is 12.2 Å². The van der Waals surface area contributed by atoms with Crippen molar-refractivity contribution in [2.75, 3.05) is 0 Å². The lowest BCUT2D eigenvalue weighted by molar-refractivity contribution is 0.474. The molecular weight excluding hydrogens is 155 g/mol. The van der Waals surface area contributed by atoms with Gasteiger partial charge >= 0.3 is 0 Å². The Labute approximate surface area is 60.9 Å². The Kier molecular flexibility index (Phi) is 1.96. The highest BCUT2D eigenvalue weighted by Crippen LogP contribution is 1.89. The summed E-state index contributed by atoms with van der Waals surface area (Å²) >= 11 is 4.58. The zero-order chi connectivity index (χ0) is 7.56. The summed E-state index contributed by atoms with van der Waals surface area (Å²) in [5, 5.41) is 0. The van der Waals surface area contributed by atoms with E-state index in [0.717, 1.165) is 6.07 Å². The van der Waals surface area contributed by atoms with Gasteiger partial charge < -0.3 is 4.98 Å². The van der Waals surface area contributed by atoms with E-state index >= 15 is 0 Å². The molecule has 5 heteroatoms. The van der Waals surface area contributed by atoms with Crippen LogP contribution in [0, 0.1) is 4.77 Å². The molecular formula is C5H5FN2OS.